The Hall–Kier alpha value is -1.28. The number of halogens is 6. The zero-order valence-corrected chi connectivity index (χ0v) is 10.1. The molecule has 1 aromatic heterocycles. The predicted molar refractivity (Wildman–Crippen MR) is 54.2 cm³/mol. The number of aromatic nitrogens is 3. The van der Waals surface area contributed by atoms with Gasteiger partial charge in [0, 0.05) is 6.54 Å². The van der Waals surface area contributed by atoms with Crippen LogP contribution in [0.1, 0.15) is 44.0 Å². The Morgan fingerprint density at radius 3 is 2.05 bits per heavy atom. The van der Waals surface area contributed by atoms with Gasteiger partial charge < -0.3 is 0 Å². The first-order valence-electron chi connectivity index (χ1n) is 5.75. The van der Waals surface area contributed by atoms with Gasteiger partial charge in [0.25, 0.3) is 0 Å². The van der Waals surface area contributed by atoms with Crippen LogP contribution in [0.4, 0.5) is 26.3 Å². The fourth-order valence-electron chi connectivity index (χ4n) is 1.63. The van der Waals surface area contributed by atoms with Crippen molar-refractivity contribution in [2.75, 3.05) is 0 Å². The van der Waals surface area contributed by atoms with E-state index >= 15 is 0 Å². The molecule has 0 bridgehead atoms. The first-order chi connectivity index (χ1) is 8.68. The minimum atomic E-state index is -5.16. The number of unbranched alkanes of at least 4 members (excludes halogenated alkanes) is 3. The van der Waals surface area contributed by atoms with Gasteiger partial charge in [-0.15, -0.1) is 5.10 Å². The Bertz CT molecular complexity index is 406. The molecule has 0 atom stereocenters. The number of rotatable bonds is 5. The Kier molecular flexibility index (Phi) is 4.81. The van der Waals surface area contributed by atoms with E-state index in [0.717, 1.165) is 12.8 Å². The minimum Gasteiger partial charge on any atom is -0.240 e. The lowest BCUT2D eigenvalue weighted by Gasteiger charge is -2.12. The van der Waals surface area contributed by atoms with E-state index in [1.807, 2.05) is 6.92 Å². The van der Waals surface area contributed by atoms with E-state index in [1.165, 1.54) is 0 Å². The minimum absolute atomic E-state index is 0.224. The van der Waals surface area contributed by atoms with Crippen LogP contribution in [0.3, 0.4) is 0 Å². The van der Waals surface area contributed by atoms with Gasteiger partial charge in [-0.05, 0) is 6.42 Å². The normalized spacial score (nSPS) is 13.0. The third-order valence-electron chi connectivity index (χ3n) is 2.50. The summed E-state index contributed by atoms with van der Waals surface area (Å²) in [6.07, 6.45) is -7.64. The zero-order valence-electron chi connectivity index (χ0n) is 10.1. The standard InChI is InChI=1S/C10H13F6N3/c1-2-3-4-5-6-19-8(10(14,15)16)7(17-18-19)9(11,12)13/h2-6H2,1H3. The summed E-state index contributed by atoms with van der Waals surface area (Å²) in [6, 6.07) is 0. The maximum atomic E-state index is 12.6. The van der Waals surface area contributed by atoms with Crippen LogP contribution in [0.5, 0.6) is 0 Å². The molecule has 0 aromatic carbocycles. The SMILES string of the molecule is CCCCCCn1nnc(C(F)(F)F)c1C(F)(F)F. The lowest BCUT2D eigenvalue weighted by molar-refractivity contribution is -0.167. The molecule has 0 saturated carbocycles. The molecule has 0 N–H and O–H groups in total. The maximum Gasteiger partial charge on any atom is 0.437 e. The molecule has 9 heteroatoms. The molecule has 0 radical (unpaired) electrons. The largest absolute Gasteiger partial charge is 0.437 e. The predicted octanol–water partition coefficient (Wildman–Crippen LogP) is 3.90. The topological polar surface area (TPSA) is 30.7 Å². The molecule has 0 fully saturated rings. The van der Waals surface area contributed by atoms with Crippen molar-refractivity contribution in [1.82, 2.24) is 15.0 Å². The second-order valence-corrected chi connectivity index (χ2v) is 4.07. The summed E-state index contributed by atoms with van der Waals surface area (Å²) in [7, 11) is 0. The van der Waals surface area contributed by atoms with Gasteiger partial charge in [0.2, 0.25) is 0 Å². The van der Waals surface area contributed by atoms with Crippen LogP contribution in [-0.4, -0.2) is 15.0 Å². The third kappa shape index (κ3) is 4.10. The number of alkyl halides is 6. The van der Waals surface area contributed by atoms with Crippen molar-refractivity contribution in [2.24, 2.45) is 0 Å². The summed E-state index contributed by atoms with van der Waals surface area (Å²) in [4.78, 5) is 0. The van der Waals surface area contributed by atoms with Gasteiger partial charge in [0.1, 0.15) is 0 Å². The molecule has 1 rings (SSSR count). The van der Waals surface area contributed by atoms with Crippen LogP contribution in [0, 0.1) is 0 Å². The smallest absolute Gasteiger partial charge is 0.240 e. The highest BCUT2D eigenvalue weighted by molar-refractivity contribution is 5.17. The van der Waals surface area contributed by atoms with Gasteiger partial charge >= 0.3 is 12.4 Å². The molecule has 1 aromatic rings. The molecule has 110 valence electrons. The van der Waals surface area contributed by atoms with Crippen molar-refractivity contribution >= 4 is 0 Å². The molecule has 1 heterocycles. The van der Waals surface area contributed by atoms with E-state index in [0.29, 0.717) is 17.5 Å². The highest BCUT2D eigenvalue weighted by atomic mass is 19.4. The van der Waals surface area contributed by atoms with Gasteiger partial charge in [-0.2, -0.15) is 26.3 Å². The summed E-state index contributed by atoms with van der Waals surface area (Å²) in [5, 5.41) is 5.59. The van der Waals surface area contributed by atoms with E-state index in [2.05, 4.69) is 10.3 Å². The van der Waals surface area contributed by atoms with Crippen LogP contribution >= 0.6 is 0 Å². The number of nitrogens with zero attached hydrogens (tertiary/aromatic N) is 3. The molecular formula is C10H13F6N3. The van der Waals surface area contributed by atoms with Crippen molar-refractivity contribution < 1.29 is 26.3 Å². The van der Waals surface area contributed by atoms with Crippen molar-refractivity contribution in [2.45, 2.75) is 51.5 Å². The van der Waals surface area contributed by atoms with Crippen LogP contribution in [-0.2, 0) is 18.9 Å². The van der Waals surface area contributed by atoms with E-state index < -0.39 is 23.7 Å². The lowest BCUT2D eigenvalue weighted by Crippen LogP contribution is -2.20. The van der Waals surface area contributed by atoms with Crippen LogP contribution < -0.4 is 0 Å². The van der Waals surface area contributed by atoms with Crippen molar-refractivity contribution in [3.8, 4) is 0 Å². The molecular weight excluding hydrogens is 276 g/mol. The third-order valence-corrected chi connectivity index (χ3v) is 2.50. The van der Waals surface area contributed by atoms with Gasteiger partial charge in [0.05, 0.1) is 0 Å². The fraction of sp³-hybridized carbons (Fsp3) is 0.800. The van der Waals surface area contributed by atoms with E-state index in [-0.39, 0.29) is 6.54 Å². The Morgan fingerprint density at radius 2 is 1.58 bits per heavy atom. The molecule has 0 saturated heterocycles. The van der Waals surface area contributed by atoms with Crippen LogP contribution in [0.25, 0.3) is 0 Å². The van der Waals surface area contributed by atoms with E-state index in [9.17, 15) is 26.3 Å². The lowest BCUT2D eigenvalue weighted by atomic mass is 10.2. The Labute approximate surface area is 105 Å². The van der Waals surface area contributed by atoms with Crippen molar-refractivity contribution in [1.29, 1.82) is 0 Å². The first-order valence-corrected chi connectivity index (χ1v) is 5.75. The molecule has 19 heavy (non-hydrogen) atoms. The van der Waals surface area contributed by atoms with Gasteiger partial charge in [-0.1, -0.05) is 31.4 Å². The van der Waals surface area contributed by atoms with Crippen molar-refractivity contribution in [3.63, 3.8) is 0 Å². The number of aryl methyl sites for hydroxylation is 1. The molecule has 0 aliphatic carbocycles. The quantitative estimate of drug-likeness (QED) is 0.608. The first kappa shape index (κ1) is 15.8. The second kappa shape index (κ2) is 5.79. The van der Waals surface area contributed by atoms with E-state index in [1.54, 1.807) is 0 Å². The molecule has 0 unspecified atom stereocenters. The highest BCUT2D eigenvalue weighted by Gasteiger charge is 2.48. The summed E-state index contributed by atoms with van der Waals surface area (Å²) in [5.74, 6) is 0. The monoisotopic (exact) mass is 289 g/mol. The van der Waals surface area contributed by atoms with Crippen LogP contribution in [0.15, 0.2) is 0 Å². The fourth-order valence-corrected chi connectivity index (χ4v) is 1.63. The highest BCUT2D eigenvalue weighted by Crippen LogP contribution is 2.38. The summed E-state index contributed by atoms with van der Waals surface area (Å²) in [6.45, 7) is 1.69. The van der Waals surface area contributed by atoms with Crippen LogP contribution in [0.2, 0.25) is 0 Å². The average Bonchev–Trinajstić information content (AvgIpc) is 2.67. The van der Waals surface area contributed by atoms with Gasteiger partial charge in [-0.3, -0.25) is 0 Å². The second-order valence-electron chi connectivity index (χ2n) is 4.07. The Morgan fingerprint density at radius 1 is 0.947 bits per heavy atom. The molecule has 0 aliphatic heterocycles. The molecule has 0 amide bonds. The zero-order chi connectivity index (χ0) is 14.7. The summed E-state index contributed by atoms with van der Waals surface area (Å²) >= 11 is 0. The van der Waals surface area contributed by atoms with E-state index in [4.69, 9.17) is 0 Å². The molecule has 0 spiro atoms. The molecule has 3 nitrogen and oxygen atoms in total. The van der Waals surface area contributed by atoms with Gasteiger partial charge in [0.15, 0.2) is 11.4 Å². The van der Waals surface area contributed by atoms with Crippen molar-refractivity contribution in [3.05, 3.63) is 11.4 Å². The number of hydrogen-bond acceptors (Lipinski definition) is 2. The summed E-state index contributed by atoms with van der Waals surface area (Å²) in [5.41, 5.74) is -3.80. The number of hydrogen-bond donors (Lipinski definition) is 0. The van der Waals surface area contributed by atoms with Gasteiger partial charge in [-0.25, -0.2) is 4.68 Å². The molecule has 0 aliphatic rings. The average molecular weight is 289 g/mol. The Balaban J connectivity index is 2.96. The summed E-state index contributed by atoms with van der Waals surface area (Å²) < 4.78 is 75.5. The maximum absolute atomic E-state index is 12.6.